The first-order valence-corrected chi connectivity index (χ1v) is 5.85. The fourth-order valence-electron chi connectivity index (χ4n) is 2.15. The second-order valence-corrected chi connectivity index (χ2v) is 4.32. The summed E-state index contributed by atoms with van der Waals surface area (Å²) in [4.78, 5) is 12.0. The van der Waals surface area contributed by atoms with Crippen LogP contribution in [0.25, 0.3) is 10.9 Å². The Hall–Kier alpha value is -1.69. The number of nitrogens with zero attached hydrogens (tertiary/aromatic N) is 3. The Bertz CT molecular complexity index is 568. The van der Waals surface area contributed by atoms with Crippen molar-refractivity contribution in [1.29, 1.82) is 0 Å². The lowest BCUT2D eigenvalue weighted by molar-refractivity contribution is 0.00325. The zero-order valence-corrected chi connectivity index (χ0v) is 9.43. The molecule has 1 aliphatic heterocycles. The van der Waals surface area contributed by atoms with Crippen molar-refractivity contribution in [3.8, 4) is 0 Å². The van der Waals surface area contributed by atoms with E-state index in [0.29, 0.717) is 12.1 Å². The first-order chi connectivity index (χ1) is 8.34. The van der Waals surface area contributed by atoms with Gasteiger partial charge < -0.3 is 4.74 Å². The normalized spacial score (nSPS) is 20.8. The van der Waals surface area contributed by atoms with Gasteiger partial charge in [-0.15, -0.1) is 0 Å². The van der Waals surface area contributed by atoms with Crippen LogP contribution in [0.2, 0.25) is 0 Å². The highest BCUT2D eigenvalue weighted by Crippen LogP contribution is 2.13. The lowest BCUT2D eigenvalue weighted by atomic mass is 10.1. The van der Waals surface area contributed by atoms with E-state index in [-0.39, 0.29) is 11.7 Å². The molecule has 90 valence electrons. The summed E-state index contributed by atoms with van der Waals surface area (Å²) in [6.45, 7) is 1.31. The van der Waals surface area contributed by atoms with Crippen molar-refractivity contribution in [3.63, 3.8) is 0 Å². The quantitative estimate of drug-likeness (QED) is 0.829. The molecule has 0 bridgehead atoms. The predicted molar refractivity (Wildman–Crippen MR) is 61.7 cm³/mol. The van der Waals surface area contributed by atoms with Crippen molar-refractivity contribution in [3.05, 3.63) is 22.7 Å². The molecule has 1 atom stereocenters. The van der Waals surface area contributed by atoms with Crippen molar-refractivity contribution < 1.29 is 4.74 Å². The second-order valence-electron chi connectivity index (χ2n) is 4.32. The Morgan fingerprint density at radius 1 is 1.47 bits per heavy atom. The maximum absolute atomic E-state index is 12.0. The van der Waals surface area contributed by atoms with Crippen LogP contribution in [-0.2, 0) is 11.3 Å². The van der Waals surface area contributed by atoms with Gasteiger partial charge >= 0.3 is 0 Å². The van der Waals surface area contributed by atoms with Gasteiger partial charge in [0.2, 0.25) is 0 Å². The largest absolute Gasteiger partial charge is 0.376 e. The smallest absolute Gasteiger partial charge is 0.292 e. The molecule has 0 spiro atoms. The molecule has 1 aliphatic rings. The van der Waals surface area contributed by atoms with Crippen LogP contribution in [0, 0.1) is 0 Å². The van der Waals surface area contributed by atoms with Crippen LogP contribution < -0.4 is 5.56 Å². The van der Waals surface area contributed by atoms with E-state index in [0.717, 1.165) is 31.3 Å². The van der Waals surface area contributed by atoms with Gasteiger partial charge in [-0.25, -0.2) is 4.68 Å². The summed E-state index contributed by atoms with van der Waals surface area (Å²) >= 11 is 0. The molecule has 1 unspecified atom stereocenters. The van der Waals surface area contributed by atoms with Gasteiger partial charge in [0, 0.05) is 12.0 Å². The Morgan fingerprint density at radius 2 is 2.41 bits per heavy atom. The summed E-state index contributed by atoms with van der Waals surface area (Å²) in [6.07, 6.45) is 6.63. The summed E-state index contributed by atoms with van der Waals surface area (Å²) in [6, 6.07) is 0. The lowest BCUT2D eigenvalue weighted by Crippen LogP contribution is -2.32. The van der Waals surface area contributed by atoms with Crippen LogP contribution in [0.1, 0.15) is 19.3 Å². The average Bonchev–Trinajstić information content (AvgIpc) is 2.83. The zero-order valence-electron chi connectivity index (χ0n) is 9.43. The van der Waals surface area contributed by atoms with E-state index in [2.05, 4.69) is 15.3 Å². The van der Waals surface area contributed by atoms with E-state index in [1.54, 1.807) is 12.4 Å². The van der Waals surface area contributed by atoms with Gasteiger partial charge in [0.1, 0.15) is 5.52 Å². The van der Waals surface area contributed by atoms with Crippen molar-refractivity contribution >= 4 is 10.9 Å². The van der Waals surface area contributed by atoms with Crippen LogP contribution in [0.4, 0.5) is 0 Å². The highest BCUT2D eigenvalue weighted by molar-refractivity contribution is 5.75. The van der Waals surface area contributed by atoms with Crippen molar-refractivity contribution in [2.75, 3.05) is 6.61 Å². The van der Waals surface area contributed by atoms with Crippen LogP contribution in [0.5, 0.6) is 0 Å². The topological polar surface area (TPSA) is 72.8 Å². The second kappa shape index (κ2) is 4.29. The zero-order chi connectivity index (χ0) is 11.7. The summed E-state index contributed by atoms with van der Waals surface area (Å²) in [7, 11) is 0. The fraction of sp³-hybridized carbons (Fsp3) is 0.545. The standard InChI is InChI=1S/C11H14N4O2/c16-11-10-8(5-12-14-10)6-13-15(11)7-9-3-1-2-4-17-9/h5-6,9H,1-4,7H2,(H,12,14). The molecule has 0 aromatic carbocycles. The highest BCUT2D eigenvalue weighted by atomic mass is 16.5. The molecule has 17 heavy (non-hydrogen) atoms. The van der Waals surface area contributed by atoms with Gasteiger partial charge in [0.05, 0.1) is 25.0 Å². The van der Waals surface area contributed by atoms with E-state index in [9.17, 15) is 4.79 Å². The number of hydrogen-bond donors (Lipinski definition) is 1. The molecule has 1 fully saturated rings. The number of ether oxygens (including phenoxy) is 1. The third-order valence-electron chi connectivity index (χ3n) is 3.10. The molecule has 2 aromatic rings. The number of hydrogen-bond acceptors (Lipinski definition) is 4. The SMILES string of the molecule is O=c1c2[nH]ncc2cnn1CC1CCCCO1. The van der Waals surface area contributed by atoms with E-state index >= 15 is 0 Å². The number of aromatic amines is 1. The molecule has 6 nitrogen and oxygen atoms in total. The monoisotopic (exact) mass is 234 g/mol. The highest BCUT2D eigenvalue weighted by Gasteiger charge is 2.16. The summed E-state index contributed by atoms with van der Waals surface area (Å²) < 4.78 is 7.06. The van der Waals surface area contributed by atoms with Gasteiger partial charge in [-0.2, -0.15) is 10.2 Å². The number of fused-ring (bicyclic) bond motifs is 1. The molecular formula is C11H14N4O2. The van der Waals surface area contributed by atoms with Crippen molar-refractivity contribution in [2.45, 2.75) is 31.9 Å². The maximum atomic E-state index is 12.0. The van der Waals surface area contributed by atoms with Gasteiger partial charge in [-0.3, -0.25) is 9.89 Å². The van der Waals surface area contributed by atoms with E-state index in [1.807, 2.05) is 0 Å². The van der Waals surface area contributed by atoms with Gasteiger partial charge in [-0.1, -0.05) is 0 Å². The average molecular weight is 234 g/mol. The third kappa shape index (κ3) is 1.95. The number of H-pyrrole nitrogens is 1. The molecule has 2 aromatic heterocycles. The third-order valence-corrected chi connectivity index (χ3v) is 3.10. The molecule has 6 heteroatoms. The van der Waals surface area contributed by atoms with E-state index in [1.165, 1.54) is 4.68 Å². The first kappa shape index (κ1) is 10.5. The summed E-state index contributed by atoms with van der Waals surface area (Å²) in [5, 5.41) is 11.4. The van der Waals surface area contributed by atoms with Crippen LogP contribution >= 0.6 is 0 Å². The van der Waals surface area contributed by atoms with Gasteiger partial charge in [0.25, 0.3) is 5.56 Å². The molecule has 3 heterocycles. The molecular weight excluding hydrogens is 220 g/mol. The van der Waals surface area contributed by atoms with Gasteiger partial charge in [-0.05, 0) is 19.3 Å². The minimum Gasteiger partial charge on any atom is -0.376 e. The Balaban J connectivity index is 1.89. The van der Waals surface area contributed by atoms with E-state index in [4.69, 9.17) is 4.74 Å². The molecule has 0 saturated carbocycles. The van der Waals surface area contributed by atoms with Crippen LogP contribution in [-0.4, -0.2) is 32.7 Å². The Labute approximate surface area is 97.6 Å². The van der Waals surface area contributed by atoms with Gasteiger partial charge in [0.15, 0.2) is 0 Å². The number of nitrogens with one attached hydrogen (secondary N) is 1. The summed E-state index contributed by atoms with van der Waals surface area (Å²) in [5.74, 6) is 0. The molecule has 0 aliphatic carbocycles. The minimum atomic E-state index is -0.130. The predicted octanol–water partition coefficient (Wildman–Crippen LogP) is 0.689. The van der Waals surface area contributed by atoms with E-state index < -0.39 is 0 Å². The molecule has 0 radical (unpaired) electrons. The lowest BCUT2D eigenvalue weighted by Gasteiger charge is -2.22. The molecule has 3 rings (SSSR count). The van der Waals surface area contributed by atoms with Crippen LogP contribution in [0.3, 0.4) is 0 Å². The fourth-order valence-corrected chi connectivity index (χ4v) is 2.15. The summed E-state index contributed by atoms with van der Waals surface area (Å²) in [5.41, 5.74) is 0.380. The maximum Gasteiger partial charge on any atom is 0.292 e. The Kier molecular flexibility index (Phi) is 2.64. The molecule has 1 N–H and O–H groups in total. The molecule has 0 amide bonds. The Morgan fingerprint density at radius 3 is 3.24 bits per heavy atom. The number of rotatable bonds is 2. The van der Waals surface area contributed by atoms with Crippen LogP contribution in [0.15, 0.2) is 17.2 Å². The minimum absolute atomic E-state index is 0.106. The first-order valence-electron chi connectivity index (χ1n) is 5.85. The molecule has 1 saturated heterocycles. The van der Waals surface area contributed by atoms with Crippen molar-refractivity contribution in [2.24, 2.45) is 0 Å². The van der Waals surface area contributed by atoms with Crippen molar-refractivity contribution in [1.82, 2.24) is 20.0 Å². The number of aromatic nitrogens is 4.